The molecule has 1 amide bonds. The lowest BCUT2D eigenvalue weighted by Crippen LogP contribution is -2.14. The number of halogens is 2. The van der Waals surface area contributed by atoms with Crippen molar-refractivity contribution in [2.24, 2.45) is 0 Å². The summed E-state index contributed by atoms with van der Waals surface area (Å²) in [4.78, 5) is 12.1. The summed E-state index contributed by atoms with van der Waals surface area (Å²) in [6, 6.07) is 9.68. The summed E-state index contributed by atoms with van der Waals surface area (Å²) in [6.45, 7) is 0. The SMILES string of the molecule is O=C(Nc1c(F)cccc1F)c1cccc(-n2cnnn2)c1. The third kappa shape index (κ3) is 2.66. The van der Waals surface area contributed by atoms with Crippen LogP contribution in [-0.4, -0.2) is 26.1 Å². The minimum Gasteiger partial charge on any atom is -0.317 e. The van der Waals surface area contributed by atoms with Gasteiger partial charge in [-0.1, -0.05) is 12.1 Å². The summed E-state index contributed by atoms with van der Waals surface area (Å²) < 4.78 is 28.4. The maximum Gasteiger partial charge on any atom is 0.255 e. The summed E-state index contributed by atoms with van der Waals surface area (Å²) in [7, 11) is 0. The Hall–Kier alpha value is -3.16. The zero-order valence-electron chi connectivity index (χ0n) is 11.1. The van der Waals surface area contributed by atoms with Gasteiger partial charge in [0, 0.05) is 5.56 Å². The molecule has 3 rings (SSSR count). The third-order valence-corrected chi connectivity index (χ3v) is 2.92. The van der Waals surface area contributed by atoms with Crippen LogP contribution in [0.15, 0.2) is 48.8 Å². The molecular formula is C14H9F2N5O. The van der Waals surface area contributed by atoms with E-state index in [1.54, 1.807) is 12.1 Å². The number of carbonyl (C=O) groups is 1. The van der Waals surface area contributed by atoms with E-state index in [1.165, 1.54) is 29.2 Å². The molecule has 1 aromatic heterocycles. The number of tetrazole rings is 1. The molecule has 0 spiro atoms. The normalized spacial score (nSPS) is 10.5. The topological polar surface area (TPSA) is 72.7 Å². The quantitative estimate of drug-likeness (QED) is 0.805. The maximum atomic E-state index is 13.5. The van der Waals surface area contributed by atoms with Crippen LogP contribution in [0.5, 0.6) is 0 Å². The van der Waals surface area contributed by atoms with E-state index in [0.717, 1.165) is 12.1 Å². The predicted octanol–water partition coefficient (Wildman–Crippen LogP) is 2.19. The number of amides is 1. The monoisotopic (exact) mass is 301 g/mol. The predicted molar refractivity (Wildman–Crippen MR) is 73.5 cm³/mol. The molecule has 1 N–H and O–H groups in total. The first-order chi connectivity index (χ1) is 10.6. The smallest absolute Gasteiger partial charge is 0.255 e. The van der Waals surface area contributed by atoms with Crippen LogP contribution in [0.4, 0.5) is 14.5 Å². The van der Waals surface area contributed by atoms with E-state index in [2.05, 4.69) is 20.8 Å². The van der Waals surface area contributed by atoms with Gasteiger partial charge in [0.15, 0.2) is 0 Å². The van der Waals surface area contributed by atoms with Gasteiger partial charge in [-0.15, -0.1) is 5.10 Å². The molecule has 110 valence electrons. The van der Waals surface area contributed by atoms with Crippen LogP contribution in [0.25, 0.3) is 5.69 Å². The standard InChI is InChI=1S/C14H9F2N5O/c15-11-5-2-6-12(16)13(11)18-14(22)9-3-1-4-10(7-9)21-8-17-19-20-21/h1-8H,(H,18,22). The first-order valence-electron chi connectivity index (χ1n) is 6.24. The molecule has 8 heteroatoms. The third-order valence-electron chi connectivity index (χ3n) is 2.92. The molecule has 0 bridgehead atoms. The van der Waals surface area contributed by atoms with Crippen molar-refractivity contribution in [1.29, 1.82) is 0 Å². The van der Waals surface area contributed by atoms with Crippen molar-refractivity contribution in [2.75, 3.05) is 5.32 Å². The molecule has 22 heavy (non-hydrogen) atoms. The Bertz CT molecular complexity index is 800. The maximum absolute atomic E-state index is 13.5. The summed E-state index contributed by atoms with van der Waals surface area (Å²) in [5.74, 6) is -2.33. The van der Waals surface area contributed by atoms with Crippen LogP contribution < -0.4 is 5.32 Å². The highest BCUT2D eigenvalue weighted by Crippen LogP contribution is 2.19. The van der Waals surface area contributed by atoms with Crippen molar-refractivity contribution in [3.63, 3.8) is 0 Å². The van der Waals surface area contributed by atoms with Gasteiger partial charge in [0.05, 0.1) is 5.69 Å². The molecule has 2 aromatic carbocycles. The highest BCUT2D eigenvalue weighted by molar-refractivity contribution is 6.04. The van der Waals surface area contributed by atoms with Crippen LogP contribution in [-0.2, 0) is 0 Å². The molecule has 0 atom stereocenters. The van der Waals surface area contributed by atoms with E-state index in [1.807, 2.05) is 0 Å². The second-order valence-corrected chi connectivity index (χ2v) is 4.36. The average Bonchev–Trinajstić information content (AvgIpc) is 3.05. The van der Waals surface area contributed by atoms with Crippen LogP contribution in [0.1, 0.15) is 10.4 Å². The number of hydrogen-bond donors (Lipinski definition) is 1. The Kier molecular flexibility index (Phi) is 3.57. The van der Waals surface area contributed by atoms with Gasteiger partial charge in [0.25, 0.3) is 5.91 Å². The Morgan fingerprint density at radius 1 is 1.09 bits per heavy atom. The zero-order valence-corrected chi connectivity index (χ0v) is 11.1. The molecule has 0 radical (unpaired) electrons. The van der Waals surface area contributed by atoms with E-state index in [4.69, 9.17) is 0 Å². The number of hydrogen-bond acceptors (Lipinski definition) is 4. The number of anilines is 1. The first-order valence-corrected chi connectivity index (χ1v) is 6.24. The zero-order chi connectivity index (χ0) is 15.5. The van der Waals surface area contributed by atoms with Crippen molar-refractivity contribution in [2.45, 2.75) is 0 Å². The molecule has 0 unspecified atom stereocenters. The fourth-order valence-electron chi connectivity index (χ4n) is 1.87. The molecule has 0 aliphatic carbocycles. The van der Waals surface area contributed by atoms with E-state index in [-0.39, 0.29) is 5.56 Å². The summed E-state index contributed by atoms with van der Waals surface area (Å²) >= 11 is 0. The van der Waals surface area contributed by atoms with Gasteiger partial charge >= 0.3 is 0 Å². The van der Waals surface area contributed by atoms with Gasteiger partial charge < -0.3 is 5.32 Å². The van der Waals surface area contributed by atoms with Gasteiger partial charge in [-0.25, -0.2) is 13.5 Å². The van der Waals surface area contributed by atoms with Gasteiger partial charge in [0.1, 0.15) is 23.6 Å². The summed E-state index contributed by atoms with van der Waals surface area (Å²) in [5, 5.41) is 12.9. The fraction of sp³-hybridized carbons (Fsp3) is 0. The Morgan fingerprint density at radius 2 is 1.82 bits per heavy atom. The molecule has 0 aliphatic heterocycles. The molecular weight excluding hydrogens is 292 g/mol. The van der Waals surface area contributed by atoms with Crippen LogP contribution in [0, 0.1) is 11.6 Å². The highest BCUT2D eigenvalue weighted by atomic mass is 19.1. The average molecular weight is 301 g/mol. The lowest BCUT2D eigenvalue weighted by Gasteiger charge is -2.08. The largest absolute Gasteiger partial charge is 0.317 e. The molecule has 0 aliphatic rings. The lowest BCUT2D eigenvalue weighted by atomic mass is 10.2. The van der Waals surface area contributed by atoms with Crippen molar-refractivity contribution >= 4 is 11.6 Å². The van der Waals surface area contributed by atoms with Crippen molar-refractivity contribution in [3.8, 4) is 5.69 Å². The number of para-hydroxylation sites is 1. The number of nitrogens with one attached hydrogen (secondary N) is 1. The van der Waals surface area contributed by atoms with Crippen LogP contribution >= 0.6 is 0 Å². The second-order valence-electron chi connectivity index (χ2n) is 4.36. The van der Waals surface area contributed by atoms with Gasteiger partial charge in [0.2, 0.25) is 0 Å². The second kappa shape index (κ2) is 5.68. The Labute approximate surface area is 123 Å². The molecule has 6 nitrogen and oxygen atoms in total. The van der Waals surface area contributed by atoms with E-state index >= 15 is 0 Å². The number of aromatic nitrogens is 4. The molecule has 1 heterocycles. The minimum atomic E-state index is -0.843. The van der Waals surface area contributed by atoms with Crippen molar-refractivity contribution < 1.29 is 13.6 Å². The van der Waals surface area contributed by atoms with Crippen molar-refractivity contribution in [3.05, 3.63) is 66.0 Å². The number of benzene rings is 2. The Balaban J connectivity index is 1.88. The molecule has 0 saturated heterocycles. The van der Waals surface area contributed by atoms with Gasteiger partial charge in [-0.05, 0) is 40.8 Å². The van der Waals surface area contributed by atoms with E-state index in [0.29, 0.717) is 5.69 Å². The minimum absolute atomic E-state index is 0.218. The number of carbonyl (C=O) groups excluding carboxylic acids is 1. The molecule has 0 saturated carbocycles. The summed E-state index contributed by atoms with van der Waals surface area (Å²) in [5.41, 5.74) is 0.280. The number of nitrogens with zero attached hydrogens (tertiary/aromatic N) is 4. The molecule has 3 aromatic rings. The molecule has 0 fully saturated rings. The van der Waals surface area contributed by atoms with Crippen LogP contribution in [0.3, 0.4) is 0 Å². The first kappa shape index (κ1) is 13.8. The van der Waals surface area contributed by atoms with Gasteiger partial charge in [-0.3, -0.25) is 4.79 Å². The van der Waals surface area contributed by atoms with Gasteiger partial charge in [-0.2, -0.15) is 0 Å². The fourth-order valence-corrected chi connectivity index (χ4v) is 1.87. The lowest BCUT2D eigenvalue weighted by molar-refractivity contribution is 0.102. The van der Waals surface area contributed by atoms with Crippen LogP contribution in [0.2, 0.25) is 0 Å². The van der Waals surface area contributed by atoms with Crippen molar-refractivity contribution in [1.82, 2.24) is 20.2 Å². The Morgan fingerprint density at radius 3 is 2.50 bits per heavy atom. The summed E-state index contributed by atoms with van der Waals surface area (Å²) in [6.07, 6.45) is 1.37. The number of rotatable bonds is 3. The van der Waals surface area contributed by atoms with E-state index < -0.39 is 23.2 Å². The van der Waals surface area contributed by atoms with E-state index in [9.17, 15) is 13.6 Å². The highest BCUT2D eigenvalue weighted by Gasteiger charge is 2.14.